The van der Waals surface area contributed by atoms with Crippen LogP contribution in [0.2, 0.25) is 0 Å². The van der Waals surface area contributed by atoms with E-state index in [0.717, 1.165) is 31.9 Å². The minimum absolute atomic E-state index is 0.0462. The Balaban J connectivity index is 2.31. The molecule has 1 aromatic carbocycles. The number of rotatable bonds is 9. The smallest absolute Gasteiger partial charge is 0.221 e. The molecular formula is C17H28N2O2. The van der Waals surface area contributed by atoms with Gasteiger partial charge in [-0.1, -0.05) is 26.0 Å². The second-order valence-electron chi connectivity index (χ2n) is 5.80. The summed E-state index contributed by atoms with van der Waals surface area (Å²) in [7, 11) is 0. The van der Waals surface area contributed by atoms with Gasteiger partial charge in [0.2, 0.25) is 5.91 Å². The number of hydrogen-bond donors (Lipinski definition) is 2. The van der Waals surface area contributed by atoms with E-state index in [-0.39, 0.29) is 11.9 Å². The van der Waals surface area contributed by atoms with Gasteiger partial charge in [0, 0.05) is 31.9 Å². The molecule has 0 radical (unpaired) electrons. The van der Waals surface area contributed by atoms with Crippen LogP contribution < -0.4 is 10.6 Å². The van der Waals surface area contributed by atoms with E-state index in [1.165, 1.54) is 12.5 Å². The molecule has 4 nitrogen and oxygen atoms in total. The van der Waals surface area contributed by atoms with Crippen molar-refractivity contribution in [2.24, 2.45) is 5.92 Å². The molecule has 1 amide bonds. The molecule has 0 aliphatic carbocycles. The van der Waals surface area contributed by atoms with Crippen molar-refractivity contribution in [3.8, 4) is 0 Å². The van der Waals surface area contributed by atoms with Crippen LogP contribution in [0.25, 0.3) is 0 Å². The largest absolute Gasteiger partial charge is 0.381 e. The molecule has 1 atom stereocenters. The van der Waals surface area contributed by atoms with Crippen molar-refractivity contribution in [3.63, 3.8) is 0 Å². The second-order valence-corrected chi connectivity index (χ2v) is 5.80. The second kappa shape index (κ2) is 9.53. The molecule has 1 rings (SSSR count). The molecule has 0 aromatic heterocycles. The van der Waals surface area contributed by atoms with Crippen LogP contribution in [-0.2, 0) is 9.53 Å². The molecular weight excluding hydrogens is 264 g/mol. The van der Waals surface area contributed by atoms with E-state index in [4.69, 9.17) is 4.74 Å². The third-order valence-electron chi connectivity index (χ3n) is 3.07. The predicted molar refractivity (Wildman–Crippen MR) is 87.4 cm³/mol. The minimum atomic E-state index is -0.0462. The van der Waals surface area contributed by atoms with E-state index in [2.05, 4.69) is 37.5 Å². The van der Waals surface area contributed by atoms with E-state index in [9.17, 15) is 4.79 Å². The molecule has 0 spiro atoms. The highest BCUT2D eigenvalue weighted by Crippen LogP contribution is 2.17. The first-order chi connectivity index (χ1) is 9.99. The average Bonchev–Trinajstić information content (AvgIpc) is 2.41. The fourth-order valence-electron chi connectivity index (χ4n) is 2.02. The van der Waals surface area contributed by atoms with Crippen molar-refractivity contribution < 1.29 is 9.53 Å². The van der Waals surface area contributed by atoms with Crippen LogP contribution in [0.4, 0.5) is 5.69 Å². The first-order valence-electron chi connectivity index (χ1n) is 7.67. The Bertz CT molecular complexity index is 433. The molecule has 21 heavy (non-hydrogen) atoms. The summed E-state index contributed by atoms with van der Waals surface area (Å²) < 4.78 is 5.56. The standard InChI is InChI=1S/C17H28N2O2/c1-13(2)12-21-10-6-9-18-14(3)16-7-5-8-17(11-16)19-15(4)20/h5,7-8,11,13-14,18H,6,9-10,12H2,1-4H3,(H,19,20). The number of benzene rings is 1. The number of hydrogen-bond acceptors (Lipinski definition) is 3. The van der Waals surface area contributed by atoms with Gasteiger partial charge in [-0.25, -0.2) is 0 Å². The lowest BCUT2D eigenvalue weighted by atomic mass is 10.1. The lowest BCUT2D eigenvalue weighted by molar-refractivity contribution is -0.114. The molecule has 0 bridgehead atoms. The number of amides is 1. The molecule has 4 heteroatoms. The molecule has 0 fully saturated rings. The molecule has 0 aliphatic rings. The van der Waals surface area contributed by atoms with Crippen LogP contribution in [0, 0.1) is 5.92 Å². The highest BCUT2D eigenvalue weighted by Gasteiger charge is 2.05. The molecule has 0 aliphatic heterocycles. The summed E-state index contributed by atoms with van der Waals surface area (Å²) in [5, 5.41) is 6.28. The number of carbonyl (C=O) groups is 1. The van der Waals surface area contributed by atoms with E-state index in [1.807, 2.05) is 18.2 Å². The maximum atomic E-state index is 11.1. The van der Waals surface area contributed by atoms with Crippen molar-refractivity contribution in [3.05, 3.63) is 29.8 Å². The Labute approximate surface area is 128 Å². The van der Waals surface area contributed by atoms with Gasteiger partial charge in [0.1, 0.15) is 0 Å². The summed E-state index contributed by atoms with van der Waals surface area (Å²) >= 11 is 0. The average molecular weight is 292 g/mol. The maximum absolute atomic E-state index is 11.1. The topological polar surface area (TPSA) is 50.4 Å². The maximum Gasteiger partial charge on any atom is 0.221 e. The zero-order chi connectivity index (χ0) is 15.7. The predicted octanol–water partition coefficient (Wildman–Crippen LogP) is 3.36. The Morgan fingerprint density at radius 2 is 2.05 bits per heavy atom. The Hall–Kier alpha value is -1.39. The Morgan fingerprint density at radius 3 is 2.71 bits per heavy atom. The number of ether oxygens (including phenoxy) is 1. The van der Waals surface area contributed by atoms with Crippen LogP contribution in [0.5, 0.6) is 0 Å². The van der Waals surface area contributed by atoms with Gasteiger partial charge in [-0.3, -0.25) is 4.79 Å². The third kappa shape index (κ3) is 7.83. The van der Waals surface area contributed by atoms with Gasteiger partial charge in [-0.05, 0) is 43.5 Å². The van der Waals surface area contributed by atoms with Crippen molar-refractivity contribution >= 4 is 11.6 Å². The lowest BCUT2D eigenvalue weighted by Crippen LogP contribution is -2.21. The van der Waals surface area contributed by atoms with E-state index >= 15 is 0 Å². The Kier molecular flexibility index (Phi) is 8.01. The monoisotopic (exact) mass is 292 g/mol. The van der Waals surface area contributed by atoms with Crippen LogP contribution in [0.3, 0.4) is 0 Å². The van der Waals surface area contributed by atoms with Gasteiger partial charge in [-0.2, -0.15) is 0 Å². The lowest BCUT2D eigenvalue weighted by Gasteiger charge is -2.15. The normalized spacial score (nSPS) is 12.4. The van der Waals surface area contributed by atoms with Crippen molar-refractivity contribution in [2.45, 2.75) is 40.2 Å². The van der Waals surface area contributed by atoms with Crippen LogP contribution in [-0.4, -0.2) is 25.7 Å². The molecule has 118 valence electrons. The number of nitrogens with one attached hydrogen (secondary N) is 2. The molecule has 0 saturated carbocycles. The van der Waals surface area contributed by atoms with E-state index in [1.54, 1.807) is 0 Å². The Morgan fingerprint density at radius 1 is 1.29 bits per heavy atom. The summed E-state index contributed by atoms with van der Waals surface area (Å²) in [5.74, 6) is 0.545. The molecule has 0 saturated heterocycles. The quantitative estimate of drug-likeness (QED) is 0.686. The molecule has 1 unspecified atom stereocenters. The van der Waals surface area contributed by atoms with Gasteiger partial charge in [0.05, 0.1) is 0 Å². The highest BCUT2D eigenvalue weighted by atomic mass is 16.5. The van der Waals surface area contributed by atoms with Crippen LogP contribution in [0.15, 0.2) is 24.3 Å². The zero-order valence-electron chi connectivity index (χ0n) is 13.6. The van der Waals surface area contributed by atoms with Crippen molar-refractivity contribution in [1.29, 1.82) is 0 Å². The summed E-state index contributed by atoms with van der Waals surface area (Å²) in [6.45, 7) is 10.5. The summed E-state index contributed by atoms with van der Waals surface area (Å²) in [6.07, 6.45) is 1.00. The van der Waals surface area contributed by atoms with Gasteiger partial charge in [-0.15, -0.1) is 0 Å². The van der Waals surface area contributed by atoms with Crippen LogP contribution in [0.1, 0.15) is 45.7 Å². The molecule has 1 aromatic rings. The minimum Gasteiger partial charge on any atom is -0.381 e. The first-order valence-corrected chi connectivity index (χ1v) is 7.67. The fraction of sp³-hybridized carbons (Fsp3) is 0.588. The highest BCUT2D eigenvalue weighted by molar-refractivity contribution is 5.88. The first kappa shape index (κ1) is 17.7. The summed E-state index contributed by atoms with van der Waals surface area (Å²) in [6, 6.07) is 8.19. The van der Waals surface area contributed by atoms with Crippen molar-refractivity contribution in [1.82, 2.24) is 5.32 Å². The fourth-order valence-corrected chi connectivity index (χ4v) is 2.02. The van der Waals surface area contributed by atoms with Gasteiger partial charge in [0.15, 0.2) is 0 Å². The van der Waals surface area contributed by atoms with Crippen LogP contribution >= 0.6 is 0 Å². The van der Waals surface area contributed by atoms with E-state index in [0.29, 0.717) is 5.92 Å². The van der Waals surface area contributed by atoms with Gasteiger partial charge < -0.3 is 15.4 Å². The summed E-state index contributed by atoms with van der Waals surface area (Å²) in [5.41, 5.74) is 2.01. The van der Waals surface area contributed by atoms with Gasteiger partial charge in [0.25, 0.3) is 0 Å². The summed E-state index contributed by atoms with van der Waals surface area (Å²) in [4.78, 5) is 11.1. The third-order valence-corrected chi connectivity index (χ3v) is 3.07. The zero-order valence-corrected chi connectivity index (χ0v) is 13.6. The number of carbonyl (C=O) groups excluding carboxylic acids is 1. The number of anilines is 1. The van der Waals surface area contributed by atoms with Gasteiger partial charge >= 0.3 is 0 Å². The molecule has 2 N–H and O–H groups in total. The molecule has 0 heterocycles. The SMILES string of the molecule is CC(=O)Nc1cccc(C(C)NCCCOCC(C)C)c1. The van der Waals surface area contributed by atoms with E-state index < -0.39 is 0 Å². The van der Waals surface area contributed by atoms with Crippen molar-refractivity contribution in [2.75, 3.05) is 25.1 Å².